The number of nitrogens with zero attached hydrogens (tertiary/aromatic N) is 5. The fraction of sp³-hybridized carbons (Fsp3) is 0.385. The van der Waals surface area contributed by atoms with Crippen LogP contribution in [0, 0.1) is 5.82 Å². The molecule has 0 spiro atoms. The Morgan fingerprint density at radius 2 is 1.97 bits per heavy atom. The summed E-state index contributed by atoms with van der Waals surface area (Å²) in [7, 11) is 0. The Morgan fingerprint density at radius 1 is 1.14 bits per heavy atom. The van der Waals surface area contributed by atoms with E-state index in [2.05, 4.69) is 41.4 Å². The van der Waals surface area contributed by atoms with E-state index in [1.54, 1.807) is 16.9 Å². The maximum atomic E-state index is 14.9. The van der Waals surface area contributed by atoms with E-state index in [0.717, 1.165) is 48.3 Å². The summed E-state index contributed by atoms with van der Waals surface area (Å²) in [5, 5.41) is 6.79. The minimum atomic E-state index is -0.341. The molecule has 1 fully saturated rings. The number of hydrogen-bond donors (Lipinski definition) is 2. The molecule has 3 aromatic heterocycles. The summed E-state index contributed by atoms with van der Waals surface area (Å²) >= 11 is 0. The molecule has 6 rings (SSSR count). The van der Waals surface area contributed by atoms with Crippen LogP contribution in [0.3, 0.4) is 0 Å². The van der Waals surface area contributed by atoms with Gasteiger partial charge in [0.2, 0.25) is 5.95 Å². The van der Waals surface area contributed by atoms with Crippen molar-refractivity contribution < 1.29 is 4.39 Å². The Bertz CT molecular complexity index is 1510. The summed E-state index contributed by atoms with van der Waals surface area (Å²) in [6.07, 6.45) is 5.99. The quantitative estimate of drug-likeness (QED) is 0.463. The second-order valence-electron chi connectivity index (χ2n) is 10.4. The molecule has 1 saturated carbocycles. The van der Waals surface area contributed by atoms with Crippen LogP contribution in [-0.2, 0) is 18.4 Å². The highest BCUT2D eigenvalue weighted by Crippen LogP contribution is 2.36. The normalized spacial score (nSPS) is 15.9. The molecule has 2 N–H and O–H groups in total. The van der Waals surface area contributed by atoms with E-state index >= 15 is 0 Å². The minimum absolute atomic E-state index is 0.116. The molecule has 1 aliphatic carbocycles. The average molecular weight is 474 g/mol. The van der Waals surface area contributed by atoms with E-state index in [4.69, 9.17) is 4.98 Å². The van der Waals surface area contributed by atoms with Crippen LogP contribution in [0.1, 0.15) is 56.5 Å². The molecule has 0 amide bonds. The van der Waals surface area contributed by atoms with Crippen molar-refractivity contribution in [1.82, 2.24) is 29.6 Å². The summed E-state index contributed by atoms with van der Waals surface area (Å²) < 4.78 is 18.5. The monoisotopic (exact) mass is 473 g/mol. The lowest BCUT2D eigenvalue weighted by Gasteiger charge is -2.20. The van der Waals surface area contributed by atoms with E-state index in [1.165, 1.54) is 6.20 Å². The summed E-state index contributed by atoms with van der Waals surface area (Å²) in [5.74, 6) is -0.0989. The van der Waals surface area contributed by atoms with Crippen LogP contribution in [-0.4, -0.2) is 30.9 Å². The van der Waals surface area contributed by atoms with Gasteiger partial charge in [-0.1, -0.05) is 20.8 Å². The fourth-order valence-corrected chi connectivity index (χ4v) is 4.64. The number of benzene rings is 1. The third-order valence-electron chi connectivity index (χ3n) is 6.69. The number of fused-ring (bicyclic) bond motifs is 2. The standard InChI is InChI=1S/C26H28FN7O/c1-26(2,3)22-12-18(7-9-29-22)33-23-19(24(35)34(33)17-4-5-17)14-30-25(32-23)31-21-11-16-13-28-8-6-15(16)10-20(21)27/h7,9-12,14,17,28H,4-6,8,13H2,1-3H3,(H,30,31,32). The number of nitrogens with one attached hydrogen (secondary N) is 2. The molecule has 0 atom stereocenters. The number of pyridine rings is 1. The van der Waals surface area contributed by atoms with Crippen molar-refractivity contribution in [1.29, 1.82) is 0 Å². The highest BCUT2D eigenvalue weighted by Gasteiger charge is 2.31. The van der Waals surface area contributed by atoms with Crippen molar-refractivity contribution in [2.45, 2.75) is 58.0 Å². The van der Waals surface area contributed by atoms with Crippen molar-refractivity contribution in [3.05, 3.63) is 69.7 Å². The third kappa shape index (κ3) is 3.89. The van der Waals surface area contributed by atoms with E-state index < -0.39 is 0 Å². The highest BCUT2D eigenvalue weighted by atomic mass is 19.1. The van der Waals surface area contributed by atoms with Gasteiger partial charge in [-0.3, -0.25) is 9.78 Å². The van der Waals surface area contributed by atoms with E-state index in [1.807, 2.05) is 22.9 Å². The smallest absolute Gasteiger partial charge is 0.278 e. The van der Waals surface area contributed by atoms with Crippen LogP contribution in [0.4, 0.5) is 16.0 Å². The molecule has 4 aromatic rings. The van der Waals surface area contributed by atoms with Crippen LogP contribution in [0.2, 0.25) is 0 Å². The molecule has 0 saturated heterocycles. The first-order chi connectivity index (χ1) is 16.8. The van der Waals surface area contributed by atoms with Gasteiger partial charge in [0.05, 0.1) is 17.4 Å². The Labute approximate surface area is 202 Å². The van der Waals surface area contributed by atoms with Crippen molar-refractivity contribution >= 4 is 22.7 Å². The van der Waals surface area contributed by atoms with Gasteiger partial charge in [-0.2, -0.15) is 4.98 Å². The first-order valence-electron chi connectivity index (χ1n) is 12.1. The lowest BCUT2D eigenvalue weighted by molar-refractivity contribution is 0.549. The average Bonchev–Trinajstić information content (AvgIpc) is 3.63. The molecule has 180 valence electrons. The van der Waals surface area contributed by atoms with E-state index in [9.17, 15) is 9.18 Å². The molecule has 0 radical (unpaired) electrons. The fourth-order valence-electron chi connectivity index (χ4n) is 4.64. The first kappa shape index (κ1) is 21.9. The van der Waals surface area contributed by atoms with Crippen LogP contribution in [0.5, 0.6) is 0 Å². The number of anilines is 2. The lowest BCUT2D eigenvalue weighted by atomic mass is 9.91. The third-order valence-corrected chi connectivity index (χ3v) is 6.69. The molecule has 9 heteroatoms. The zero-order valence-corrected chi connectivity index (χ0v) is 20.1. The molecule has 35 heavy (non-hydrogen) atoms. The number of aromatic nitrogens is 5. The molecular weight excluding hydrogens is 445 g/mol. The summed E-state index contributed by atoms with van der Waals surface area (Å²) in [5.41, 5.74) is 4.37. The number of halogens is 1. The second kappa shape index (κ2) is 7.98. The van der Waals surface area contributed by atoms with Crippen LogP contribution >= 0.6 is 0 Å². The molecule has 1 aliphatic heterocycles. The maximum absolute atomic E-state index is 14.9. The van der Waals surface area contributed by atoms with Crippen LogP contribution in [0.15, 0.2) is 41.5 Å². The van der Waals surface area contributed by atoms with Crippen molar-refractivity contribution in [2.75, 3.05) is 11.9 Å². The SMILES string of the molecule is CC(C)(C)c1cc(-n2c3nc(Nc4cc5c(cc4F)CCNC5)ncc3c(=O)n2C2CC2)ccn1. The maximum Gasteiger partial charge on any atom is 0.278 e. The summed E-state index contributed by atoms with van der Waals surface area (Å²) in [4.78, 5) is 26.9. The van der Waals surface area contributed by atoms with Crippen molar-refractivity contribution in [3.8, 4) is 5.69 Å². The number of rotatable bonds is 4. The van der Waals surface area contributed by atoms with Gasteiger partial charge < -0.3 is 10.6 Å². The minimum Gasteiger partial charge on any atom is -0.322 e. The predicted octanol–water partition coefficient (Wildman–Crippen LogP) is 4.14. The van der Waals surface area contributed by atoms with Gasteiger partial charge in [0.1, 0.15) is 11.2 Å². The molecule has 8 nitrogen and oxygen atoms in total. The zero-order valence-electron chi connectivity index (χ0n) is 20.1. The van der Waals surface area contributed by atoms with Gasteiger partial charge >= 0.3 is 0 Å². The topological polar surface area (TPSA) is 89.7 Å². The van der Waals surface area contributed by atoms with Gasteiger partial charge in [0.25, 0.3) is 5.56 Å². The molecule has 4 heterocycles. The largest absolute Gasteiger partial charge is 0.322 e. The first-order valence-corrected chi connectivity index (χ1v) is 12.1. The molecule has 0 bridgehead atoms. The zero-order chi connectivity index (χ0) is 24.3. The Balaban J connectivity index is 1.48. The summed E-state index contributed by atoms with van der Waals surface area (Å²) in [6, 6.07) is 7.42. The number of hydrogen-bond acceptors (Lipinski definition) is 6. The molecule has 1 aromatic carbocycles. The van der Waals surface area contributed by atoms with Gasteiger partial charge in [0, 0.05) is 30.0 Å². The molecule has 0 unspecified atom stereocenters. The van der Waals surface area contributed by atoms with E-state index in [0.29, 0.717) is 23.3 Å². The Morgan fingerprint density at radius 3 is 2.74 bits per heavy atom. The predicted molar refractivity (Wildman–Crippen MR) is 133 cm³/mol. The van der Waals surface area contributed by atoms with Crippen LogP contribution < -0.4 is 16.2 Å². The van der Waals surface area contributed by atoms with Crippen LogP contribution in [0.25, 0.3) is 16.7 Å². The Kier molecular flexibility index (Phi) is 5.00. The van der Waals surface area contributed by atoms with Crippen molar-refractivity contribution in [3.63, 3.8) is 0 Å². The Hall–Kier alpha value is -3.59. The second-order valence-corrected chi connectivity index (χ2v) is 10.4. The molecular formula is C26H28FN7O. The van der Waals surface area contributed by atoms with Gasteiger partial charge in [-0.25, -0.2) is 18.7 Å². The highest BCUT2D eigenvalue weighted by molar-refractivity contribution is 5.77. The van der Waals surface area contributed by atoms with Gasteiger partial charge in [-0.15, -0.1) is 0 Å². The summed E-state index contributed by atoms with van der Waals surface area (Å²) in [6.45, 7) is 7.86. The van der Waals surface area contributed by atoms with E-state index in [-0.39, 0.29) is 28.8 Å². The van der Waals surface area contributed by atoms with Crippen molar-refractivity contribution in [2.24, 2.45) is 0 Å². The van der Waals surface area contributed by atoms with Gasteiger partial charge in [-0.05, 0) is 61.2 Å². The molecule has 2 aliphatic rings. The van der Waals surface area contributed by atoms with Gasteiger partial charge in [0.15, 0.2) is 5.65 Å². The lowest BCUT2D eigenvalue weighted by Crippen LogP contribution is -2.23.